The lowest BCUT2D eigenvalue weighted by Crippen LogP contribution is -2.37. The molecule has 1 heterocycles. The Bertz CT molecular complexity index is 907. The van der Waals surface area contributed by atoms with E-state index in [0.29, 0.717) is 12.6 Å². The molecule has 0 radical (unpaired) electrons. The topological polar surface area (TPSA) is 82.2 Å². The third kappa shape index (κ3) is 6.78. The highest BCUT2D eigenvalue weighted by molar-refractivity contribution is 6.06. The van der Waals surface area contributed by atoms with Crippen LogP contribution in [0.2, 0.25) is 0 Å². The molecule has 0 bridgehead atoms. The Labute approximate surface area is 167 Å². The fourth-order valence-corrected chi connectivity index (χ4v) is 2.09. The second-order valence-electron chi connectivity index (χ2n) is 7.54. The molecule has 12 heteroatoms. The second kappa shape index (κ2) is 8.36. The Morgan fingerprint density at radius 3 is 2.10 bits per heavy atom. The SMILES string of the molecule is CC(C)(C)CN/C(=N/C(=O)c1ccc(C(F)(F)F)cc1)Nc1cc(C(F)(F)F)n[nH]1. The van der Waals surface area contributed by atoms with Crippen LogP contribution < -0.4 is 10.6 Å². The molecule has 0 spiro atoms. The van der Waals surface area contributed by atoms with E-state index in [0.717, 1.165) is 24.3 Å². The maximum absolute atomic E-state index is 12.7. The van der Waals surface area contributed by atoms with Crippen LogP contribution in [0.3, 0.4) is 0 Å². The van der Waals surface area contributed by atoms with Crippen molar-refractivity contribution in [3.8, 4) is 0 Å². The Kier molecular flexibility index (Phi) is 6.48. The van der Waals surface area contributed by atoms with E-state index >= 15 is 0 Å². The van der Waals surface area contributed by atoms with Crippen LogP contribution in [0.4, 0.5) is 32.2 Å². The van der Waals surface area contributed by atoms with Gasteiger partial charge >= 0.3 is 12.4 Å². The van der Waals surface area contributed by atoms with E-state index in [9.17, 15) is 31.1 Å². The Balaban J connectivity index is 2.25. The highest BCUT2D eigenvalue weighted by Crippen LogP contribution is 2.30. The van der Waals surface area contributed by atoms with Gasteiger partial charge in [-0.1, -0.05) is 20.8 Å². The number of carbonyl (C=O) groups is 1. The van der Waals surface area contributed by atoms with Crippen LogP contribution in [0.1, 0.15) is 42.4 Å². The average molecular weight is 435 g/mol. The standard InChI is InChI=1S/C18H19F6N5O/c1-16(2,3)9-25-15(26-13-8-12(28-29-13)18(22,23)24)27-14(30)10-4-6-11(7-5-10)17(19,20)21/h4-8H,9H2,1-3H3,(H3,25,26,27,28,29,30). The number of halogens is 6. The molecule has 0 aliphatic rings. The normalized spacial score (nSPS) is 13.3. The van der Waals surface area contributed by atoms with Gasteiger partial charge < -0.3 is 10.6 Å². The number of alkyl halides is 6. The number of rotatable bonds is 3. The zero-order valence-electron chi connectivity index (χ0n) is 16.2. The van der Waals surface area contributed by atoms with Crippen LogP contribution in [0.25, 0.3) is 0 Å². The summed E-state index contributed by atoms with van der Waals surface area (Å²) in [6.45, 7) is 5.90. The van der Waals surface area contributed by atoms with Crippen molar-refractivity contribution >= 4 is 17.7 Å². The predicted molar refractivity (Wildman–Crippen MR) is 97.9 cm³/mol. The fourth-order valence-electron chi connectivity index (χ4n) is 2.09. The average Bonchev–Trinajstić information content (AvgIpc) is 3.07. The summed E-state index contributed by atoms with van der Waals surface area (Å²) >= 11 is 0. The molecule has 0 fully saturated rings. The number of amides is 1. The van der Waals surface area contributed by atoms with E-state index in [2.05, 4.69) is 25.8 Å². The number of aromatic nitrogens is 2. The number of hydrogen-bond donors (Lipinski definition) is 3. The molecule has 6 nitrogen and oxygen atoms in total. The number of nitrogens with zero attached hydrogens (tertiary/aromatic N) is 2. The van der Waals surface area contributed by atoms with E-state index in [1.54, 1.807) is 0 Å². The monoisotopic (exact) mass is 435 g/mol. The lowest BCUT2D eigenvalue weighted by Gasteiger charge is -2.20. The largest absolute Gasteiger partial charge is 0.435 e. The maximum Gasteiger partial charge on any atom is 0.435 e. The smallest absolute Gasteiger partial charge is 0.355 e. The van der Waals surface area contributed by atoms with E-state index in [1.807, 2.05) is 20.8 Å². The van der Waals surface area contributed by atoms with Crippen molar-refractivity contribution in [2.24, 2.45) is 10.4 Å². The molecule has 0 saturated heterocycles. The third-order valence-electron chi connectivity index (χ3n) is 3.58. The van der Waals surface area contributed by atoms with Gasteiger partial charge in [-0.05, 0) is 29.7 Å². The van der Waals surface area contributed by atoms with Crippen molar-refractivity contribution in [2.45, 2.75) is 33.1 Å². The van der Waals surface area contributed by atoms with Gasteiger partial charge in [-0.15, -0.1) is 0 Å². The summed E-state index contributed by atoms with van der Waals surface area (Å²) in [4.78, 5) is 16.1. The Morgan fingerprint density at radius 1 is 1.03 bits per heavy atom. The summed E-state index contributed by atoms with van der Waals surface area (Å²) in [6.07, 6.45) is -9.22. The van der Waals surface area contributed by atoms with Gasteiger partial charge in [0.2, 0.25) is 5.96 Å². The molecule has 2 rings (SSSR count). The summed E-state index contributed by atoms with van der Waals surface area (Å²) in [7, 11) is 0. The molecule has 1 aromatic heterocycles. The summed E-state index contributed by atoms with van der Waals surface area (Å²) < 4.78 is 76.0. The van der Waals surface area contributed by atoms with Crippen LogP contribution in [-0.2, 0) is 12.4 Å². The zero-order chi connectivity index (χ0) is 22.7. The number of guanidine groups is 1. The number of H-pyrrole nitrogens is 1. The van der Waals surface area contributed by atoms with Gasteiger partial charge in [-0.3, -0.25) is 9.89 Å². The number of benzene rings is 1. The number of hydrogen-bond acceptors (Lipinski definition) is 2. The molecule has 0 aliphatic heterocycles. The van der Waals surface area contributed by atoms with Crippen molar-refractivity contribution in [2.75, 3.05) is 11.9 Å². The molecule has 1 amide bonds. The van der Waals surface area contributed by atoms with Crippen LogP contribution in [0, 0.1) is 5.41 Å². The van der Waals surface area contributed by atoms with Crippen molar-refractivity contribution in [1.29, 1.82) is 0 Å². The highest BCUT2D eigenvalue weighted by atomic mass is 19.4. The van der Waals surface area contributed by atoms with Gasteiger partial charge in [0, 0.05) is 18.2 Å². The minimum Gasteiger partial charge on any atom is -0.355 e. The summed E-state index contributed by atoms with van der Waals surface area (Å²) in [5.74, 6) is -1.25. The molecule has 30 heavy (non-hydrogen) atoms. The van der Waals surface area contributed by atoms with Crippen molar-refractivity contribution in [1.82, 2.24) is 15.5 Å². The molecule has 3 N–H and O–H groups in total. The zero-order valence-corrected chi connectivity index (χ0v) is 16.2. The van der Waals surface area contributed by atoms with Gasteiger partial charge in [-0.25, -0.2) is 0 Å². The number of aromatic amines is 1. The Hall–Kier alpha value is -3.05. The highest BCUT2D eigenvalue weighted by Gasteiger charge is 2.34. The summed E-state index contributed by atoms with van der Waals surface area (Å²) in [5.41, 5.74) is -2.50. The first-order chi connectivity index (χ1) is 13.6. The lowest BCUT2D eigenvalue weighted by atomic mass is 9.97. The Morgan fingerprint density at radius 2 is 1.63 bits per heavy atom. The van der Waals surface area contributed by atoms with Gasteiger partial charge in [0.25, 0.3) is 5.91 Å². The molecular formula is C18H19F6N5O. The minimum atomic E-state index is -4.66. The number of aliphatic imine (C=N–C) groups is 1. The first-order valence-corrected chi connectivity index (χ1v) is 8.59. The van der Waals surface area contributed by atoms with E-state index in [4.69, 9.17) is 0 Å². The van der Waals surface area contributed by atoms with Crippen LogP contribution in [-0.4, -0.2) is 28.6 Å². The van der Waals surface area contributed by atoms with Crippen LogP contribution in [0.15, 0.2) is 35.3 Å². The molecule has 0 atom stereocenters. The number of anilines is 1. The molecular weight excluding hydrogens is 416 g/mol. The first kappa shape index (κ1) is 23.2. The quantitative estimate of drug-likeness (QED) is 0.371. The number of carbonyl (C=O) groups excluding carboxylic acids is 1. The third-order valence-corrected chi connectivity index (χ3v) is 3.58. The molecule has 0 saturated carbocycles. The second-order valence-corrected chi connectivity index (χ2v) is 7.54. The molecule has 2 aromatic rings. The maximum atomic E-state index is 12.7. The van der Waals surface area contributed by atoms with Gasteiger partial charge in [0.1, 0.15) is 5.82 Å². The van der Waals surface area contributed by atoms with E-state index in [-0.39, 0.29) is 22.8 Å². The van der Waals surface area contributed by atoms with Crippen molar-refractivity contribution in [3.05, 3.63) is 47.2 Å². The van der Waals surface area contributed by atoms with Crippen LogP contribution in [0.5, 0.6) is 0 Å². The fraction of sp³-hybridized carbons (Fsp3) is 0.389. The van der Waals surface area contributed by atoms with Gasteiger partial charge in [0.05, 0.1) is 5.56 Å². The van der Waals surface area contributed by atoms with Crippen molar-refractivity contribution < 1.29 is 31.1 Å². The predicted octanol–water partition coefficient (Wildman–Crippen LogP) is 4.69. The summed E-state index contributed by atoms with van der Waals surface area (Å²) in [6, 6.07) is 4.10. The minimum absolute atomic E-state index is 0.125. The molecule has 164 valence electrons. The molecule has 0 aliphatic carbocycles. The first-order valence-electron chi connectivity index (χ1n) is 8.59. The van der Waals surface area contributed by atoms with E-state index in [1.165, 1.54) is 0 Å². The van der Waals surface area contributed by atoms with Gasteiger partial charge in [0.15, 0.2) is 5.69 Å². The summed E-state index contributed by atoms with van der Waals surface area (Å²) in [5, 5.41) is 10.6. The van der Waals surface area contributed by atoms with Crippen molar-refractivity contribution in [3.63, 3.8) is 0 Å². The molecule has 0 unspecified atom stereocenters. The van der Waals surface area contributed by atoms with Gasteiger partial charge in [-0.2, -0.15) is 36.4 Å². The van der Waals surface area contributed by atoms with Crippen LogP contribution >= 0.6 is 0 Å². The molecule has 1 aromatic carbocycles. The lowest BCUT2D eigenvalue weighted by molar-refractivity contribution is -0.141. The number of nitrogens with one attached hydrogen (secondary N) is 3. The van der Waals surface area contributed by atoms with E-state index < -0.39 is 29.5 Å².